The lowest BCUT2D eigenvalue weighted by atomic mass is 9.85. The van der Waals surface area contributed by atoms with Crippen LogP contribution >= 0.6 is 11.6 Å². The second-order valence-electron chi connectivity index (χ2n) is 8.62. The van der Waals surface area contributed by atoms with Crippen LogP contribution in [-0.2, 0) is 9.59 Å². The topological polar surface area (TPSA) is 58.6 Å². The van der Waals surface area contributed by atoms with Crippen molar-refractivity contribution in [3.05, 3.63) is 53.1 Å². The number of rotatable bonds is 5. The summed E-state index contributed by atoms with van der Waals surface area (Å²) in [5.74, 6) is 0.319. The largest absolute Gasteiger partial charge is 0.484 e. The minimum Gasteiger partial charge on any atom is -0.484 e. The Morgan fingerprint density at radius 2 is 1.83 bits per heavy atom. The fourth-order valence-corrected chi connectivity index (χ4v) is 3.87. The van der Waals surface area contributed by atoms with Crippen LogP contribution in [0.5, 0.6) is 5.75 Å². The summed E-state index contributed by atoms with van der Waals surface area (Å²) in [6.07, 6.45) is 5.77. The molecule has 1 N–H and O–H groups in total. The molecule has 5 nitrogen and oxygen atoms in total. The van der Waals surface area contributed by atoms with Gasteiger partial charge in [0.15, 0.2) is 0 Å². The Bertz CT molecular complexity index is 805. The Morgan fingerprint density at radius 1 is 1.17 bits per heavy atom. The van der Waals surface area contributed by atoms with Crippen LogP contribution in [0, 0.1) is 5.41 Å². The first-order valence-corrected chi connectivity index (χ1v) is 10.5. The van der Waals surface area contributed by atoms with Gasteiger partial charge < -0.3 is 15.0 Å². The van der Waals surface area contributed by atoms with Gasteiger partial charge in [-0.25, -0.2) is 0 Å². The fourth-order valence-electron chi connectivity index (χ4n) is 3.59. The van der Waals surface area contributed by atoms with Gasteiger partial charge in [0.2, 0.25) is 5.91 Å². The van der Waals surface area contributed by atoms with Gasteiger partial charge in [-0.15, -0.1) is 0 Å². The van der Waals surface area contributed by atoms with Crippen LogP contribution in [0.25, 0.3) is 0 Å². The van der Waals surface area contributed by atoms with E-state index in [4.69, 9.17) is 16.3 Å². The van der Waals surface area contributed by atoms with E-state index in [2.05, 4.69) is 5.32 Å². The molecule has 1 fully saturated rings. The van der Waals surface area contributed by atoms with Crippen molar-refractivity contribution >= 4 is 23.4 Å². The van der Waals surface area contributed by atoms with Crippen LogP contribution in [0.3, 0.4) is 0 Å². The molecule has 1 aromatic carbocycles. The van der Waals surface area contributed by atoms with E-state index in [0.717, 1.165) is 25.9 Å². The number of hydrogen-bond donors (Lipinski definition) is 1. The lowest BCUT2D eigenvalue weighted by molar-refractivity contribution is -0.137. The Labute approximate surface area is 177 Å². The van der Waals surface area contributed by atoms with Crippen LogP contribution in [0.1, 0.15) is 40.0 Å². The molecule has 0 saturated carbocycles. The highest BCUT2D eigenvalue weighted by molar-refractivity contribution is 6.33. The molecule has 1 aliphatic heterocycles. The summed E-state index contributed by atoms with van der Waals surface area (Å²) in [6, 6.07) is 8.77. The van der Waals surface area contributed by atoms with Crippen molar-refractivity contribution in [3.8, 4) is 5.75 Å². The van der Waals surface area contributed by atoms with Crippen molar-refractivity contribution in [2.24, 2.45) is 5.41 Å². The highest BCUT2D eigenvalue weighted by atomic mass is 35.5. The number of benzene rings is 1. The predicted octanol–water partition coefficient (Wildman–Crippen LogP) is 4.04. The molecular weight excluding hydrogens is 388 g/mol. The van der Waals surface area contributed by atoms with Gasteiger partial charge in [0.1, 0.15) is 17.9 Å². The minimum absolute atomic E-state index is 0.0306. The summed E-state index contributed by atoms with van der Waals surface area (Å²) >= 11 is 6.55. The molecule has 0 radical (unpaired) electrons. The monoisotopic (exact) mass is 416 g/mol. The van der Waals surface area contributed by atoms with Gasteiger partial charge in [-0.1, -0.05) is 62.7 Å². The maximum Gasteiger partial charge on any atom is 0.253 e. The molecule has 1 unspecified atom stereocenters. The first kappa shape index (κ1) is 21.4. The van der Waals surface area contributed by atoms with E-state index in [-0.39, 0.29) is 11.8 Å². The normalized spacial score (nSPS) is 20.6. The van der Waals surface area contributed by atoms with Gasteiger partial charge >= 0.3 is 0 Å². The number of ether oxygens (including phenoxy) is 1. The minimum atomic E-state index is -0.617. The van der Waals surface area contributed by atoms with Crippen LogP contribution in [0.15, 0.2) is 53.1 Å². The average Bonchev–Trinajstić information content (AvgIpc) is 3.22. The molecule has 156 valence electrons. The van der Waals surface area contributed by atoms with E-state index in [0.29, 0.717) is 22.8 Å². The van der Waals surface area contributed by atoms with Gasteiger partial charge in [-0.05, 0) is 30.4 Å². The molecule has 1 aromatic rings. The molecule has 6 heteroatoms. The van der Waals surface area contributed by atoms with Crippen molar-refractivity contribution in [1.82, 2.24) is 10.2 Å². The number of carbonyl (C=O) groups is 2. The summed E-state index contributed by atoms with van der Waals surface area (Å²) in [6.45, 7) is 7.37. The molecule has 2 aliphatic rings. The van der Waals surface area contributed by atoms with E-state index < -0.39 is 17.6 Å². The first-order valence-electron chi connectivity index (χ1n) is 10.1. The lowest BCUT2D eigenvalue weighted by Gasteiger charge is -2.34. The van der Waals surface area contributed by atoms with Crippen molar-refractivity contribution in [2.45, 2.75) is 52.2 Å². The molecule has 0 spiro atoms. The van der Waals surface area contributed by atoms with Crippen molar-refractivity contribution in [1.29, 1.82) is 0 Å². The number of nitrogens with one attached hydrogen (secondary N) is 1. The van der Waals surface area contributed by atoms with Crippen LogP contribution in [0.2, 0.25) is 0 Å². The SMILES string of the molecule is CC(C)(C)[C@H](NC(=O)C1=C(Cl)C(Oc2ccccc2)CC=C1)C(=O)N1CCCC1. The third-order valence-electron chi connectivity index (χ3n) is 5.25. The average molecular weight is 417 g/mol. The zero-order valence-corrected chi connectivity index (χ0v) is 18.0. The number of para-hydroxylation sites is 1. The van der Waals surface area contributed by atoms with Crippen LogP contribution < -0.4 is 10.1 Å². The summed E-state index contributed by atoms with van der Waals surface area (Å²) in [5.41, 5.74) is -0.0666. The third kappa shape index (κ3) is 5.21. The van der Waals surface area contributed by atoms with E-state index in [1.54, 1.807) is 6.08 Å². The standard InChI is InChI=1S/C23H29ClN2O3/c1-23(2,3)20(22(28)26-14-7-8-15-26)25-21(27)17-12-9-13-18(19(17)24)29-16-10-5-4-6-11-16/h4-6,9-12,18,20H,7-8,13-15H2,1-3H3,(H,25,27)/t18?,20-/m1/s1. The Hall–Kier alpha value is -2.27. The number of amides is 2. The molecule has 1 aliphatic carbocycles. The Kier molecular flexibility index (Phi) is 6.68. The molecule has 2 atom stereocenters. The van der Waals surface area contributed by atoms with Gasteiger partial charge in [0, 0.05) is 19.5 Å². The highest BCUT2D eigenvalue weighted by Gasteiger charge is 2.37. The maximum atomic E-state index is 13.1. The molecular formula is C23H29ClN2O3. The number of nitrogens with zero attached hydrogens (tertiary/aromatic N) is 1. The van der Waals surface area contributed by atoms with Crippen LogP contribution in [-0.4, -0.2) is 41.9 Å². The molecule has 0 aromatic heterocycles. The quantitative estimate of drug-likeness (QED) is 0.788. The van der Waals surface area contributed by atoms with E-state index in [1.165, 1.54) is 0 Å². The third-order valence-corrected chi connectivity index (χ3v) is 5.69. The Balaban J connectivity index is 1.76. The summed E-state index contributed by atoms with van der Waals surface area (Å²) < 4.78 is 5.95. The molecule has 0 bridgehead atoms. The molecule has 29 heavy (non-hydrogen) atoms. The van der Waals surface area contributed by atoms with Gasteiger partial charge in [0.25, 0.3) is 5.91 Å². The van der Waals surface area contributed by atoms with Gasteiger partial charge in [-0.3, -0.25) is 9.59 Å². The fraction of sp³-hybridized carbons (Fsp3) is 0.478. The molecule has 1 saturated heterocycles. The summed E-state index contributed by atoms with van der Waals surface area (Å²) in [4.78, 5) is 27.9. The van der Waals surface area contributed by atoms with Crippen molar-refractivity contribution in [3.63, 3.8) is 0 Å². The molecule has 2 amide bonds. The second-order valence-corrected chi connectivity index (χ2v) is 9.03. The number of halogens is 1. The highest BCUT2D eigenvalue weighted by Crippen LogP contribution is 2.29. The first-order chi connectivity index (χ1) is 13.8. The van der Waals surface area contributed by atoms with Crippen molar-refractivity contribution in [2.75, 3.05) is 13.1 Å². The van der Waals surface area contributed by atoms with Crippen LogP contribution in [0.4, 0.5) is 0 Å². The summed E-state index contributed by atoms with van der Waals surface area (Å²) in [7, 11) is 0. The lowest BCUT2D eigenvalue weighted by Crippen LogP contribution is -2.54. The van der Waals surface area contributed by atoms with E-state index in [9.17, 15) is 9.59 Å². The second kappa shape index (κ2) is 9.04. The number of hydrogen-bond acceptors (Lipinski definition) is 3. The zero-order valence-electron chi connectivity index (χ0n) is 17.3. The summed E-state index contributed by atoms with van der Waals surface area (Å²) in [5, 5.41) is 3.30. The number of carbonyl (C=O) groups excluding carboxylic acids is 2. The predicted molar refractivity (Wildman–Crippen MR) is 115 cm³/mol. The smallest absolute Gasteiger partial charge is 0.253 e. The maximum absolute atomic E-state index is 13.1. The zero-order chi connectivity index (χ0) is 21.0. The van der Waals surface area contributed by atoms with Gasteiger partial charge in [0.05, 0.1) is 10.6 Å². The van der Waals surface area contributed by atoms with Gasteiger partial charge in [-0.2, -0.15) is 0 Å². The van der Waals surface area contributed by atoms with E-state index in [1.807, 2.05) is 62.1 Å². The van der Waals surface area contributed by atoms with E-state index >= 15 is 0 Å². The van der Waals surface area contributed by atoms with Crippen molar-refractivity contribution < 1.29 is 14.3 Å². The molecule has 3 rings (SSSR count). The Morgan fingerprint density at radius 3 is 2.45 bits per heavy atom. The number of likely N-dealkylation sites (tertiary alicyclic amines) is 1. The molecule has 1 heterocycles.